The number of piperazine rings is 1. The van der Waals surface area contributed by atoms with E-state index in [4.69, 9.17) is 14.2 Å². The van der Waals surface area contributed by atoms with E-state index in [0.717, 1.165) is 25.2 Å². The van der Waals surface area contributed by atoms with Gasteiger partial charge in [0.05, 0.1) is 13.2 Å². The molecule has 7 heteroatoms. The molecule has 0 saturated carbocycles. The van der Waals surface area contributed by atoms with Gasteiger partial charge >= 0.3 is 0 Å². The summed E-state index contributed by atoms with van der Waals surface area (Å²) in [6, 6.07) is 14.4. The second-order valence-corrected chi connectivity index (χ2v) is 7.79. The van der Waals surface area contributed by atoms with Gasteiger partial charge in [0.15, 0.2) is 0 Å². The Hall–Kier alpha value is -3.06. The van der Waals surface area contributed by atoms with Gasteiger partial charge in [0.1, 0.15) is 18.1 Å². The fourth-order valence-corrected chi connectivity index (χ4v) is 3.89. The van der Waals surface area contributed by atoms with Gasteiger partial charge in [-0.1, -0.05) is 6.07 Å². The molecule has 0 aromatic heterocycles. The summed E-state index contributed by atoms with van der Waals surface area (Å²) < 4.78 is 16.5. The van der Waals surface area contributed by atoms with Crippen LogP contribution >= 0.6 is 0 Å². The lowest BCUT2D eigenvalue weighted by Crippen LogP contribution is -2.50. The third kappa shape index (κ3) is 5.17. The summed E-state index contributed by atoms with van der Waals surface area (Å²) in [5, 5.41) is 0. The summed E-state index contributed by atoms with van der Waals surface area (Å²) in [6.07, 6.45) is 2.28. The van der Waals surface area contributed by atoms with Gasteiger partial charge in [-0.2, -0.15) is 0 Å². The molecule has 0 spiro atoms. The Kier molecular flexibility index (Phi) is 6.72. The highest BCUT2D eigenvalue weighted by molar-refractivity contribution is 5.96. The molecule has 0 aliphatic carbocycles. The first kappa shape index (κ1) is 21.2. The van der Waals surface area contributed by atoms with Crippen LogP contribution in [0, 0.1) is 0 Å². The molecule has 0 radical (unpaired) electrons. The third-order valence-corrected chi connectivity index (χ3v) is 5.73. The largest absolute Gasteiger partial charge is 0.497 e. The fourth-order valence-electron chi connectivity index (χ4n) is 3.89. The molecular formula is C24H28N2O5. The van der Waals surface area contributed by atoms with E-state index in [1.165, 1.54) is 0 Å². The summed E-state index contributed by atoms with van der Waals surface area (Å²) in [6.45, 7) is 3.36. The van der Waals surface area contributed by atoms with E-state index >= 15 is 0 Å². The summed E-state index contributed by atoms with van der Waals surface area (Å²) >= 11 is 0. The molecule has 2 aliphatic rings. The fraction of sp³-hybridized carbons (Fsp3) is 0.417. The normalized spacial score (nSPS) is 18.7. The second kappa shape index (κ2) is 9.83. The van der Waals surface area contributed by atoms with E-state index in [-0.39, 0.29) is 17.9 Å². The minimum Gasteiger partial charge on any atom is -0.497 e. The molecule has 2 fully saturated rings. The van der Waals surface area contributed by atoms with Crippen LogP contribution in [0.2, 0.25) is 0 Å². The molecule has 1 atom stereocenters. The third-order valence-electron chi connectivity index (χ3n) is 5.73. The molecule has 31 heavy (non-hydrogen) atoms. The molecule has 164 valence electrons. The molecule has 0 N–H and O–H groups in total. The average Bonchev–Trinajstić information content (AvgIpc) is 3.36. The van der Waals surface area contributed by atoms with E-state index in [9.17, 15) is 9.59 Å². The summed E-state index contributed by atoms with van der Waals surface area (Å²) in [5.74, 6) is 1.32. The van der Waals surface area contributed by atoms with Gasteiger partial charge in [0, 0.05) is 43.9 Å². The smallest absolute Gasteiger partial charge is 0.254 e. The molecule has 0 bridgehead atoms. The standard InChI is InChI=1S/C24H28N2O5/c1-29-21-5-2-4-19(16-21)24(28)26-13-11-25(12-14-26)23(27)18-7-9-20(10-8-18)31-17-22-6-3-15-30-22/h2,4-5,7-10,16,22H,3,6,11-15,17H2,1H3. The molecule has 7 nitrogen and oxygen atoms in total. The van der Waals surface area contributed by atoms with E-state index in [0.29, 0.717) is 49.7 Å². The van der Waals surface area contributed by atoms with Crippen LogP contribution in [0.15, 0.2) is 48.5 Å². The number of carbonyl (C=O) groups excluding carboxylic acids is 2. The highest BCUT2D eigenvalue weighted by Crippen LogP contribution is 2.19. The van der Waals surface area contributed by atoms with E-state index in [1.807, 2.05) is 18.2 Å². The van der Waals surface area contributed by atoms with Crippen molar-refractivity contribution < 1.29 is 23.8 Å². The predicted molar refractivity (Wildman–Crippen MR) is 116 cm³/mol. The first-order valence-electron chi connectivity index (χ1n) is 10.7. The van der Waals surface area contributed by atoms with Crippen LogP contribution < -0.4 is 9.47 Å². The zero-order valence-corrected chi connectivity index (χ0v) is 17.8. The molecule has 2 heterocycles. The van der Waals surface area contributed by atoms with Crippen molar-refractivity contribution in [1.82, 2.24) is 9.80 Å². The highest BCUT2D eigenvalue weighted by Gasteiger charge is 2.26. The van der Waals surface area contributed by atoms with Crippen molar-refractivity contribution >= 4 is 11.8 Å². The highest BCUT2D eigenvalue weighted by atomic mass is 16.5. The first-order chi connectivity index (χ1) is 15.1. The minimum absolute atomic E-state index is 0.0286. The molecule has 2 aromatic rings. The molecule has 1 unspecified atom stereocenters. The summed E-state index contributed by atoms with van der Waals surface area (Å²) in [5.41, 5.74) is 1.22. The molecule has 2 aromatic carbocycles. The Morgan fingerprint density at radius 1 is 0.935 bits per heavy atom. The summed E-state index contributed by atoms with van der Waals surface area (Å²) in [7, 11) is 1.58. The van der Waals surface area contributed by atoms with Crippen molar-refractivity contribution in [3.63, 3.8) is 0 Å². The second-order valence-electron chi connectivity index (χ2n) is 7.79. The Morgan fingerprint density at radius 2 is 1.61 bits per heavy atom. The van der Waals surface area contributed by atoms with E-state index in [2.05, 4.69) is 0 Å². The lowest BCUT2D eigenvalue weighted by Gasteiger charge is -2.35. The number of hydrogen-bond acceptors (Lipinski definition) is 5. The lowest BCUT2D eigenvalue weighted by molar-refractivity contribution is 0.0535. The topological polar surface area (TPSA) is 68.3 Å². The molecule has 4 rings (SSSR count). The van der Waals surface area contributed by atoms with Crippen molar-refractivity contribution in [2.24, 2.45) is 0 Å². The van der Waals surface area contributed by atoms with Crippen LogP contribution in [-0.4, -0.2) is 74.2 Å². The zero-order valence-electron chi connectivity index (χ0n) is 17.8. The van der Waals surface area contributed by atoms with Crippen LogP contribution in [0.5, 0.6) is 11.5 Å². The minimum atomic E-state index is -0.0428. The first-order valence-corrected chi connectivity index (χ1v) is 10.7. The average molecular weight is 424 g/mol. The Labute approximate surface area is 182 Å². The number of methoxy groups -OCH3 is 1. The van der Waals surface area contributed by atoms with Crippen LogP contribution in [0.1, 0.15) is 33.6 Å². The van der Waals surface area contributed by atoms with E-state index < -0.39 is 0 Å². The molecular weight excluding hydrogens is 396 g/mol. The van der Waals surface area contributed by atoms with Crippen molar-refractivity contribution in [3.05, 3.63) is 59.7 Å². The lowest BCUT2D eigenvalue weighted by atomic mass is 10.1. The van der Waals surface area contributed by atoms with Crippen molar-refractivity contribution in [2.45, 2.75) is 18.9 Å². The Morgan fingerprint density at radius 3 is 2.23 bits per heavy atom. The van der Waals surface area contributed by atoms with Gasteiger partial charge in [-0.3, -0.25) is 9.59 Å². The van der Waals surface area contributed by atoms with Gasteiger partial charge in [-0.05, 0) is 55.3 Å². The van der Waals surface area contributed by atoms with E-state index in [1.54, 1.807) is 47.2 Å². The Bertz CT molecular complexity index is 900. The predicted octanol–water partition coefficient (Wildman–Crippen LogP) is 2.85. The van der Waals surface area contributed by atoms with Gasteiger partial charge in [0.25, 0.3) is 11.8 Å². The number of benzene rings is 2. The zero-order chi connectivity index (χ0) is 21.6. The molecule has 2 saturated heterocycles. The Balaban J connectivity index is 1.29. The quantitative estimate of drug-likeness (QED) is 0.713. The van der Waals surface area contributed by atoms with Gasteiger partial charge < -0.3 is 24.0 Å². The van der Waals surface area contributed by atoms with Crippen LogP contribution in [0.4, 0.5) is 0 Å². The van der Waals surface area contributed by atoms with Crippen molar-refractivity contribution in [1.29, 1.82) is 0 Å². The van der Waals surface area contributed by atoms with Gasteiger partial charge in [0.2, 0.25) is 0 Å². The maximum atomic E-state index is 12.9. The monoisotopic (exact) mass is 424 g/mol. The van der Waals surface area contributed by atoms with Crippen LogP contribution in [0.25, 0.3) is 0 Å². The van der Waals surface area contributed by atoms with Crippen molar-refractivity contribution in [2.75, 3.05) is 46.5 Å². The molecule has 2 aliphatic heterocycles. The maximum Gasteiger partial charge on any atom is 0.254 e. The SMILES string of the molecule is COc1cccc(C(=O)N2CCN(C(=O)c3ccc(OCC4CCCO4)cc3)CC2)c1. The van der Waals surface area contributed by atoms with Crippen molar-refractivity contribution in [3.8, 4) is 11.5 Å². The number of ether oxygens (including phenoxy) is 3. The van der Waals surface area contributed by atoms with Crippen LogP contribution in [0.3, 0.4) is 0 Å². The van der Waals surface area contributed by atoms with Crippen LogP contribution in [-0.2, 0) is 4.74 Å². The summed E-state index contributed by atoms with van der Waals surface area (Å²) in [4.78, 5) is 29.2. The number of rotatable bonds is 6. The number of amides is 2. The maximum absolute atomic E-state index is 12.9. The number of nitrogens with zero attached hydrogens (tertiary/aromatic N) is 2. The van der Waals surface area contributed by atoms with Gasteiger partial charge in [-0.15, -0.1) is 0 Å². The van der Waals surface area contributed by atoms with Gasteiger partial charge in [-0.25, -0.2) is 0 Å². The number of carbonyl (C=O) groups is 2. The molecule has 2 amide bonds. The number of hydrogen-bond donors (Lipinski definition) is 0.